The van der Waals surface area contributed by atoms with Gasteiger partial charge < -0.3 is 15.2 Å². The van der Waals surface area contributed by atoms with Crippen LogP contribution in [-0.4, -0.2) is 62.1 Å². The summed E-state index contributed by atoms with van der Waals surface area (Å²) in [6.07, 6.45) is 2.51. The lowest BCUT2D eigenvalue weighted by atomic mass is 9.84. The van der Waals surface area contributed by atoms with Crippen molar-refractivity contribution in [2.75, 3.05) is 18.4 Å². The van der Waals surface area contributed by atoms with Crippen molar-refractivity contribution >= 4 is 45.9 Å². The molecule has 1 aromatic heterocycles. The number of aryl methyl sites for hydroxylation is 1. The number of alkyl halides is 1. The molecule has 12 heteroatoms. The van der Waals surface area contributed by atoms with Crippen LogP contribution < -0.4 is 5.32 Å². The minimum absolute atomic E-state index is 0.0370. The zero-order valence-electron chi connectivity index (χ0n) is 22.6. The topological polar surface area (TPSA) is 114 Å². The van der Waals surface area contributed by atoms with Crippen LogP contribution in [-0.2, 0) is 27.8 Å². The molecule has 2 fully saturated rings. The molecule has 2 N–H and O–H groups in total. The van der Waals surface area contributed by atoms with Crippen molar-refractivity contribution in [3.8, 4) is 0 Å². The van der Waals surface area contributed by atoms with Crippen molar-refractivity contribution in [3.05, 3.63) is 58.5 Å². The van der Waals surface area contributed by atoms with Crippen LogP contribution in [0.3, 0.4) is 0 Å². The second-order valence-electron chi connectivity index (χ2n) is 10.7. The molecule has 218 valence electrons. The maximum absolute atomic E-state index is 16.6. The summed E-state index contributed by atoms with van der Waals surface area (Å²) >= 11 is 6.38. The first-order chi connectivity index (χ1) is 19.5. The number of aromatic nitrogens is 2. The van der Waals surface area contributed by atoms with Gasteiger partial charge in [-0.1, -0.05) is 36.2 Å². The highest BCUT2D eigenvalue weighted by Gasteiger charge is 2.55. The molecule has 9 nitrogen and oxygen atoms in total. The van der Waals surface area contributed by atoms with E-state index in [1.165, 1.54) is 9.58 Å². The van der Waals surface area contributed by atoms with E-state index in [0.29, 0.717) is 36.6 Å². The highest BCUT2D eigenvalue weighted by molar-refractivity contribution is 6.34. The Morgan fingerprint density at radius 2 is 1.80 bits per heavy atom. The van der Waals surface area contributed by atoms with Crippen LogP contribution in [0.5, 0.6) is 0 Å². The van der Waals surface area contributed by atoms with Gasteiger partial charge in [0.15, 0.2) is 5.60 Å². The Hall–Kier alpha value is -3.41. The Kier molecular flexibility index (Phi) is 8.13. The number of nitrogens with zero attached hydrogens (tertiary/aromatic N) is 3. The molecule has 3 aromatic rings. The van der Waals surface area contributed by atoms with Crippen LogP contribution in [0.25, 0.3) is 10.9 Å². The van der Waals surface area contributed by atoms with Gasteiger partial charge >= 0.3 is 11.9 Å². The molecule has 2 aromatic carbocycles. The standard InChI is InChI=1S/C29H31ClF2N4O5/c1-35-25(19-9-3-4-10-22(19)34-35)26(38)33-23-17-21(31)18(15-20(23)30)16-24(37)29(32,36-13-7-8-14-36)41-28(27(39)40)11-5-2-6-12-28/h3-4,9-10,15,17H,2,5-8,11-14,16H2,1H3,(H,33,38)(H,39,40). The number of halogens is 3. The zero-order valence-corrected chi connectivity index (χ0v) is 23.3. The first kappa shape index (κ1) is 29.1. The SMILES string of the molecule is Cn1nc2ccccc2c1C(=O)Nc1cc(F)c(CC(=O)C(F)(OC2(C(=O)O)CCCCC2)N2CCCC2)cc1Cl. The summed E-state index contributed by atoms with van der Waals surface area (Å²) in [6, 6.07) is 9.18. The lowest BCUT2D eigenvalue weighted by Crippen LogP contribution is -2.60. The third-order valence-electron chi connectivity index (χ3n) is 7.93. The second-order valence-corrected chi connectivity index (χ2v) is 11.1. The van der Waals surface area contributed by atoms with Gasteiger partial charge in [-0.3, -0.25) is 14.3 Å². The van der Waals surface area contributed by atoms with Gasteiger partial charge in [0, 0.05) is 31.9 Å². The Morgan fingerprint density at radius 1 is 1.12 bits per heavy atom. The number of amides is 1. The largest absolute Gasteiger partial charge is 0.479 e. The van der Waals surface area contributed by atoms with Crippen LogP contribution >= 0.6 is 11.6 Å². The predicted molar refractivity (Wildman–Crippen MR) is 148 cm³/mol. The quantitative estimate of drug-likeness (QED) is 0.328. The number of benzene rings is 2. The number of likely N-dealkylation sites (tertiary alicyclic amines) is 1. The number of aliphatic carboxylic acids is 1. The fourth-order valence-electron chi connectivity index (χ4n) is 5.74. The van der Waals surface area contributed by atoms with Gasteiger partial charge in [0.2, 0.25) is 5.78 Å². The molecule has 1 unspecified atom stereocenters. The van der Waals surface area contributed by atoms with Gasteiger partial charge in [-0.15, -0.1) is 0 Å². The first-order valence-corrected chi connectivity index (χ1v) is 14.0. The monoisotopic (exact) mass is 588 g/mol. The van der Waals surface area contributed by atoms with Gasteiger partial charge in [-0.25, -0.2) is 14.1 Å². The lowest BCUT2D eigenvalue weighted by Gasteiger charge is -2.42. The highest BCUT2D eigenvalue weighted by Crippen LogP contribution is 2.40. The van der Waals surface area contributed by atoms with Crippen molar-refractivity contribution in [2.45, 2.75) is 62.9 Å². The van der Waals surface area contributed by atoms with Crippen molar-refractivity contribution in [2.24, 2.45) is 7.05 Å². The molecule has 1 amide bonds. The molecular weight excluding hydrogens is 558 g/mol. The number of carbonyl (C=O) groups excluding carboxylic acids is 2. The van der Waals surface area contributed by atoms with Crippen LogP contribution in [0.4, 0.5) is 14.5 Å². The van der Waals surface area contributed by atoms with E-state index in [4.69, 9.17) is 16.3 Å². The number of ether oxygens (including phenoxy) is 1. The summed E-state index contributed by atoms with van der Waals surface area (Å²) in [5.41, 5.74) is -1.23. The number of nitrogens with one attached hydrogen (secondary N) is 1. The number of anilines is 1. The lowest BCUT2D eigenvalue weighted by molar-refractivity contribution is -0.280. The van der Waals surface area contributed by atoms with E-state index in [0.717, 1.165) is 18.6 Å². The summed E-state index contributed by atoms with van der Waals surface area (Å²) in [6.45, 7) is 0.406. The number of ketones is 1. The summed E-state index contributed by atoms with van der Waals surface area (Å²) in [4.78, 5) is 40.0. The maximum atomic E-state index is 16.6. The Morgan fingerprint density at radius 3 is 2.49 bits per heavy atom. The van der Waals surface area contributed by atoms with E-state index >= 15 is 8.78 Å². The Bertz CT molecular complexity index is 1500. The predicted octanol–water partition coefficient (Wildman–Crippen LogP) is 5.25. The summed E-state index contributed by atoms with van der Waals surface area (Å²) < 4.78 is 39.0. The number of carboxylic acid groups (broad SMARTS) is 1. The van der Waals surface area contributed by atoms with E-state index in [1.54, 1.807) is 31.3 Å². The molecule has 0 spiro atoms. The van der Waals surface area contributed by atoms with Crippen LogP contribution in [0.1, 0.15) is 61.0 Å². The van der Waals surface area contributed by atoms with Gasteiger partial charge in [-0.2, -0.15) is 9.49 Å². The molecule has 41 heavy (non-hydrogen) atoms. The fourth-order valence-corrected chi connectivity index (χ4v) is 5.98. The molecule has 0 bridgehead atoms. The van der Waals surface area contributed by atoms with Crippen molar-refractivity contribution in [1.82, 2.24) is 14.7 Å². The van der Waals surface area contributed by atoms with Gasteiger partial charge in [0.1, 0.15) is 11.5 Å². The average molecular weight is 589 g/mol. The van der Waals surface area contributed by atoms with E-state index < -0.39 is 41.5 Å². The molecule has 1 atom stereocenters. The highest BCUT2D eigenvalue weighted by atomic mass is 35.5. The van der Waals surface area contributed by atoms with E-state index in [9.17, 15) is 19.5 Å². The molecule has 2 heterocycles. The smallest absolute Gasteiger partial charge is 0.336 e. The number of carbonyl (C=O) groups is 3. The third-order valence-corrected chi connectivity index (χ3v) is 8.24. The molecule has 2 aliphatic rings. The Balaban J connectivity index is 1.39. The fraction of sp³-hybridized carbons (Fsp3) is 0.448. The van der Waals surface area contributed by atoms with Crippen molar-refractivity contribution in [1.29, 1.82) is 0 Å². The summed E-state index contributed by atoms with van der Waals surface area (Å²) in [7, 11) is 1.61. The number of carboxylic acids is 1. The molecule has 5 rings (SSSR count). The van der Waals surface area contributed by atoms with Crippen LogP contribution in [0.15, 0.2) is 36.4 Å². The number of hydrogen-bond donors (Lipinski definition) is 2. The first-order valence-electron chi connectivity index (χ1n) is 13.7. The number of fused-ring (bicyclic) bond motifs is 1. The minimum atomic E-state index is -3.04. The van der Waals surface area contributed by atoms with E-state index in [2.05, 4.69) is 10.4 Å². The Labute approximate surface area is 240 Å². The van der Waals surface area contributed by atoms with E-state index in [1.807, 2.05) is 0 Å². The molecule has 0 radical (unpaired) electrons. The van der Waals surface area contributed by atoms with Crippen LogP contribution in [0, 0.1) is 5.82 Å². The minimum Gasteiger partial charge on any atom is -0.479 e. The second kappa shape index (κ2) is 11.5. The number of Topliss-reactive ketones (excluding diaryl/α,β-unsaturated/α-hetero) is 1. The van der Waals surface area contributed by atoms with Gasteiger partial charge in [-0.05, 0) is 62.3 Å². The summed E-state index contributed by atoms with van der Waals surface area (Å²) in [5.74, 6) is -6.93. The van der Waals surface area contributed by atoms with Gasteiger partial charge in [0.05, 0.1) is 16.2 Å². The number of rotatable bonds is 9. The van der Waals surface area contributed by atoms with Crippen molar-refractivity contribution < 1.29 is 33.0 Å². The molecule has 1 aliphatic heterocycles. The third kappa shape index (κ3) is 5.58. The number of hydrogen-bond acceptors (Lipinski definition) is 6. The average Bonchev–Trinajstić information content (AvgIpc) is 3.60. The van der Waals surface area contributed by atoms with Gasteiger partial charge in [0.25, 0.3) is 5.91 Å². The van der Waals surface area contributed by atoms with Crippen molar-refractivity contribution in [3.63, 3.8) is 0 Å². The molecule has 1 saturated heterocycles. The normalized spacial score (nSPS) is 18.7. The molecule has 1 saturated carbocycles. The van der Waals surface area contributed by atoms with E-state index in [-0.39, 0.29) is 47.9 Å². The summed E-state index contributed by atoms with van der Waals surface area (Å²) in [5, 5.41) is 17.4. The molecular formula is C29H31ClF2N4O5. The zero-order chi connectivity index (χ0) is 29.4. The maximum Gasteiger partial charge on any atom is 0.336 e. The van der Waals surface area contributed by atoms with Crippen LogP contribution in [0.2, 0.25) is 5.02 Å². The molecule has 1 aliphatic carbocycles.